The number of carboxylic acid groups (broad SMARTS) is 1. The standard InChI is InChI=1S/C26H25BrN6O2.C19H18BrN5O3/c1-33-24(25(34)28-14-16-7-4-3-5-8-16)19-10-6-9-17-15-29-26(31-22(17)23(19)32-33)30-20-12-11-18(27)13-21(20)35-2;1-25-17(18(26)27)12-5-3-4-10-9-21-19(23-15(10)16(12)24-25)22-13-7-6-11(20)8-14(13)28-2/h3-5,7-8,11-13,15H,6,9-10,14H2,1-2H3,(H,28,34)(H,29,30,31);6-9H,3-5H2,1-2H3,(H,26,27)(H,21,22,23). The van der Waals surface area contributed by atoms with Crippen LogP contribution in [0, 0.1) is 0 Å². The number of halogens is 2. The van der Waals surface area contributed by atoms with Crippen LogP contribution in [-0.4, -0.2) is 70.7 Å². The maximum atomic E-state index is 13.2. The van der Waals surface area contributed by atoms with Gasteiger partial charge in [0.1, 0.15) is 34.3 Å². The lowest BCUT2D eigenvalue weighted by molar-refractivity contribution is 0.0683. The number of ether oxygens (including phenoxy) is 2. The summed E-state index contributed by atoms with van der Waals surface area (Å²) in [5.41, 5.74) is 9.71. The van der Waals surface area contributed by atoms with Crippen molar-refractivity contribution in [3.63, 3.8) is 0 Å². The van der Waals surface area contributed by atoms with Gasteiger partial charge in [0, 0.05) is 53.1 Å². The van der Waals surface area contributed by atoms with Crippen molar-refractivity contribution in [2.75, 3.05) is 24.9 Å². The number of hydrogen-bond acceptors (Lipinski definition) is 12. The van der Waals surface area contributed by atoms with E-state index < -0.39 is 5.97 Å². The number of carbonyl (C=O) groups is 2. The average Bonchev–Trinajstić information content (AvgIpc) is 3.66. The van der Waals surface area contributed by atoms with Crippen molar-refractivity contribution >= 4 is 67.0 Å². The van der Waals surface area contributed by atoms with Crippen LogP contribution in [0.3, 0.4) is 0 Å². The Labute approximate surface area is 379 Å². The monoisotopic (exact) mass is 975 g/mol. The van der Waals surface area contributed by atoms with Gasteiger partial charge >= 0.3 is 5.97 Å². The Hall–Kier alpha value is -6.66. The number of methoxy groups -OCH3 is 2. The first kappa shape index (κ1) is 43.0. The third kappa shape index (κ3) is 9.27. The van der Waals surface area contributed by atoms with E-state index in [1.54, 1.807) is 39.2 Å². The molecule has 0 aliphatic heterocycles. The second-order valence-corrected chi connectivity index (χ2v) is 16.7. The molecule has 7 aromatic rings. The van der Waals surface area contributed by atoms with Gasteiger partial charge in [-0.15, -0.1) is 0 Å². The Balaban J connectivity index is 0.000000177. The Morgan fingerprint density at radius 2 is 1.17 bits per heavy atom. The van der Waals surface area contributed by atoms with Gasteiger partial charge < -0.3 is 30.5 Å². The SMILES string of the molecule is COc1cc(Br)ccc1Nc1ncc2c(n1)-c1nn(C)c(C(=O)NCc3ccccc3)c1CCC2.COc1cc(Br)ccc1Nc1ncc2c(n1)-c1nn(C)c(C(=O)O)c1CCC2. The number of rotatable bonds is 10. The van der Waals surface area contributed by atoms with E-state index in [2.05, 4.69) is 67.9 Å². The van der Waals surface area contributed by atoms with Gasteiger partial charge in [0.15, 0.2) is 0 Å². The van der Waals surface area contributed by atoms with Crippen LogP contribution in [0.4, 0.5) is 23.3 Å². The number of carboxylic acids is 1. The molecule has 3 aromatic carbocycles. The molecule has 0 saturated heterocycles. The number of hydrogen-bond donors (Lipinski definition) is 4. The lowest BCUT2D eigenvalue weighted by Gasteiger charge is -2.12. The quantitative estimate of drug-likeness (QED) is 0.102. The first-order valence-corrected chi connectivity index (χ1v) is 21.7. The van der Waals surface area contributed by atoms with Gasteiger partial charge in [0.2, 0.25) is 11.9 Å². The molecule has 0 fully saturated rings. The minimum absolute atomic E-state index is 0.138. The molecule has 2 aliphatic carbocycles. The van der Waals surface area contributed by atoms with Crippen LogP contribution < -0.4 is 25.4 Å². The molecule has 4 aromatic heterocycles. The van der Waals surface area contributed by atoms with E-state index in [1.807, 2.05) is 72.9 Å². The summed E-state index contributed by atoms with van der Waals surface area (Å²) in [6.07, 6.45) is 8.32. The molecule has 18 heteroatoms. The molecule has 0 spiro atoms. The summed E-state index contributed by atoms with van der Waals surface area (Å²) in [5, 5.41) is 28.2. The summed E-state index contributed by atoms with van der Waals surface area (Å²) >= 11 is 6.88. The van der Waals surface area contributed by atoms with Crippen molar-refractivity contribution in [3.05, 3.63) is 127 Å². The normalized spacial score (nSPS) is 12.5. The molecule has 2 aliphatic rings. The van der Waals surface area contributed by atoms with Crippen molar-refractivity contribution in [1.29, 1.82) is 0 Å². The number of aryl methyl sites for hydroxylation is 4. The fourth-order valence-corrected chi connectivity index (χ4v) is 8.48. The van der Waals surface area contributed by atoms with E-state index in [-0.39, 0.29) is 11.6 Å². The van der Waals surface area contributed by atoms with E-state index in [9.17, 15) is 14.7 Å². The van der Waals surface area contributed by atoms with E-state index in [0.717, 1.165) is 91.6 Å². The minimum atomic E-state index is -0.980. The number of benzene rings is 3. The van der Waals surface area contributed by atoms with Gasteiger partial charge in [0.25, 0.3) is 5.91 Å². The smallest absolute Gasteiger partial charge is 0.354 e. The number of nitrogens with one attached hydrogen (secondary N) is 3. The van der Waals surface area contributed by atoms with Gasteiger partial charge in [-0.1, -0.05) is 62.2 Å². The molecule has 0 unspecified atom stereocenters. The van der Waals surface area contributed by atoms with Crippen molar-refractivity contribution in [3.8, 4) is 34.3 Å². The maximum absolute atomic E-state index is 13.2. The lowest BCUT2D eigenvalue weighted by atomic mass is 10.1. The highest BCUT2D eigenvalue weighted by molar-refractivity contribution is 9.10. The molecular weight excluding hydrogens is 934 g/mol. The summed E-state index contributed by atoms with van der Waals surface area (Å²) in [6.45, 7) is 0.460. The van der Waals surface area contributed by atoms with Gasteiger partial charge in [-0.2, -0.15) is 10.2 Å². The summed E-state index contributed by atoms with van der Waals surface area (Å²) in [5.74, 6) is 1.05. The van der Waals surface area contributed by atoms with E-state index in [1.165, 1.54) is 4.68 Å². The van der Waals surface area contributed by atoms with Crippen LogP contribution in [0.15, 0.2) is 88.1 Å². The third-order valence-electron chi connectivity index (χ3n) is 10.7. The highest BCUT2D eigenvalue weighted by Crippen LogP contribution is 2.36. The van der Waals surface area contributed by atoms with Crippen molar-refractivity contribution < 1.29 is 24.2 Å². The van der Waals surface area contributed by atoms with Crippen LogP contribution >= 0.6 is 31.9 Å². The predicted octanol–water partition coefficient (Wildman–Crippen LogP) is 8.39. The van der Waals surface area contributed by atoms with Crippen LogP contribution in [0.2, 0.25) is 0 Å². The first-order valence-electron chi connectivity index (χ1n) is 20.1. The highest BCUT2D eigenvalue weighted by atomic mass is 79.9. The number of carbonyl (C=O) groups excluding carboxylic acids is 1. The zero-order chi connectivity index (χ0) is 44.2. The molecule has 0 bridgehead atoms. The topological polar surface area (TPSA) is 196 Å². The molecule has 4 N–H and O–H groups in total. The molecule has 16 nitrogen and oxygen atoms in total. The van der Waals surface area contributed by atoms with Gasteiger partial charge in [-0.3, -0.25) is 14.2 Å². The summed E-state index contributed by atoms with van der Waals surface area (Å²) in [6, 6.07) is 21.2. The third-order valence-corrected chi connectivity index (χ3v) is 11.7. The average molecular weight is 978 g/mol. The zero-order valence-corrected chi connectivity index (χ0v) is 38.0. The molecule has 0 radical (unpaired) electrons. The second-order valence-electron chi connectivity index (χ2n) is 14.9. The van der Waals surface area contributed by atoms with Crippen molar-refractivity contribution in [2.24, 2.45) is 14.1 Å². The predicted molar refractivity (Wildman–Crippen MR) is 245 cm³/mol. The number of nitrogens with zero attached hydrogens (tertiary/aromatic N) is 8. The van der Waals surface area contributed by atoms with Crippen LogP contribution in [0.5, 0.6) is 11.5 Å². The number of fused-ring (bicyclic) bond motifs is 6. The molecule has 9 rings (SSSR count). The molecule has 1 amide bonds. The Bertz CT molecular complexity index is 2850. The first-order chi connectivity index (χ1) is 30.5. The lowest BCUT2D eigenvalue weighted by Crippen LogP contribution is -2.26. The van der Waals surface area contributed by atoms with E-state index >= 15 is 0 Å². The summed E-state index contributed by atoms with van der Waals surface area (Å²) in [7, 11) is 6.66. The largest absolute Gasteiger partial charge is 0.495 e. The summed E-state index contributed by atoms with van der Waals surface area (Å²) in [4.78, 5) is 43.3. The number of aromatic carboxylic acids is 1. The van der Waals surface area contributed by atoms with Gasteiger partial charge in [-0.05, 0) is 91.6 Å². The van der Waals surface area contributed by atoms with E-state index in [0.29, 0.717) is 53.4 Å². The number of anilines is 4. The minimum Gasteiger partial charge on any atom is -0.495 e. The highest BCUT2D eigenvalue weighted by Gasteiger charge is 2.29. The second kappa shape index (κ2) is 18.8. The van der Waals surface area contributed by atoms with Crippen LogP contribution in [-0.2, 0) is 46.3 Å². The fourth-order valence-electron chi connectivity index (χ4n) is 7.80. The van der Waals surface area contributed by atoms with Gasteiger partial charge in [-0.25, -0.2) is 24.7 Å². The van der Waals surface area contributed by atoms with Crippen LogP contribution in [0.25, 0.3) is 22.8 Å². The summed E-state index contributed by atoms with van der Waals surface area (Å²) < 4.78 is 15.8. The maximum Gasteiger partial charge on any atom is 0.354 e. The molecule has 4 heterocycles. The van der Waals surface area contributed by atoms with Crippen molar-refractivity contribution in [2.45, 2.75) is 45.1 Å². The Morgan fingerprint density at radius 1 is 0.683 bits per heavy atom. The Morgan fingerprint density at radius 3 is 1.67 bits per heavy atom. The molecule has 0 atom stereocenters. The number of amides is 1. The zero-order valence-electron chi connectivity index (χ0n) is 34.9. The Kier molecular flexibility index (Phi) is 12.8. The molecule has 322 valence electrons. The number of aromatic nitrogens is 8. The molecule has 63 heavy (non-hydrogen) atoms. The van der Waals surface area contributed by atoms with Crippen LogP contribution in [0.1, 0.15) is 61.6 Å². The van der Waals surface area contributed by atoms with E-state index in [4.69, 9.17) is 19.6 Å². The molecule has 0 saturated carbocycles. The van der Waals surface area contributed by atoms with Gasteiger partial charge in [0.05, 0.1) is 37.0 Å². The van der Waals surface area contributed by atoms with Crippen molar-refractivity contribution in [1.82, 2.24) is 44.8 Å². The fraction of sp³-hybridized carbons (Fsp3) is 0.244. The molecular formula is C45H43Br2N11O5.